The van der Waals surface area contributed by atoms with E-state index in [0.29, 0.717) is 5.95 Å². The fourth-order valence-corrected chi connectivity index (χ4v) is 9.75. The second kappa shape index (κ2) is 20.1. The van der Waals surface area contributed by atoms with Crippen LogP contribution < -0.4 is 15.1 Å². The van der Waals surface area contributed by atoms with Crippen molar-refractivity contribution in [1.29, 1.82) is 0 Å². The Morgan fingerprint density at radius 2 is 1.14 bits per heavy atom. The van der Waals surface area contributed by atoms with Gasteiger partial charge < -0.3 is 15.1 Å². The van der Waals surface area contributed by atoms with Crippen LogP contribution in [0.1, 0.15) is 163 Å². The Balaban J connectivity index is 1.31. The predicted octanol–water partition coefficient (Wildman–Crippen LogP) is 10.8. The lowest BCUT2D eigenvalue weighted by Crippen LogP contribution is -2.56. The van der Waals surface area contributed by atoms with Crippen molar-refractivity contribution in [2.24, 2.45) is 0 Å². The molecule has 1 aromatic carbocycles. The monoisotopic (exact) mass is 785 g/mol. The zero-order chi connectivity index (χ0) is 40.4. The van der Waals surface area contributed by atoms with Crippen LogP contribution in [0.15, 0.2) is 54.9 Å². The Hall–Kier alpha value is -3.37. The number of anilines is 3. The van der Waals surface area contributed by atoms with Gasteiger partial charge in [0.05, 0.1) is 23.3 Å². The fraction of sp³-hybridized carbons (Fsp3) is 0.723. The van der Waals surface area contributed by atoms with Gasteiger partial charge in [0.15, 0.2) is 0 Å². The molecule has 1 N–H and O–H groups in total. The fourth-order valence-electron chi connectivity index (χ4n) is 9.75. The van der Waals surface area contributed by atoms with Crippen molar-refractivity contribution in [3.05, 3.63) is 60.4 Å². The van der Waals surface area contributed by atoms with E-state index in [0.717, 1.165) is 126 Å². The normalized spacial score (nSPS) is 23.1. The molecule has 3 heterocycles. The first-order valence-corrected chi connectivity index (χ1v) is 22.8. The van der Waals surface area contributed by atoms with Gasteiger partial charge in [0.25, 0.3) is 0 Å². The van der Waals surface area contributed by atoms with E-state index in [4.69, 9.17) is 24.6 Å². The summed E-state index contributed by atoms with van der Waals surface area (Å²) in [4.78, 5) is 34.4. The Morgan fingerprint density at radius 3 is 1.56 bits per heavy atom. The van der Waals surface area contributed by atoms with E-state index in [-0.39, 0.29) is 35.4 Å². The van der Waals surface area contributed by atoms with E-state index >= 15 is 0 Å². The molecule has 57 heavy (non-hydrogen) atoms. The lowest BCUT2D eigenvalue weighted by Gasteiger charge is -2.51. The third-order valence-electron chi connectivity index (χ3n) is 12.8. The van der Waals surface area contributed by atoms with E-state index in [1.165, 1.54) is 44.1 Å². The molecule has 2 aliphatic heterocycles. The molecule has 2 saturated carbocycles. The molecule has 1 aromatic heterocycles. The average molecular weight is 785 g/mol. The van der Waals surface area contributed by atoms with Crippen molar-refractivity contribution in [1.82, 2.24) is 25.1 Å². The van der Waals surface area contributed by atoms with Gasteiger partial charge in [-0.3, -0.25) is 19.8 Å². The number of nitrogens with one attached hydrogen (secondary N) is 1. The molecule has 0 radical (unpaired) electrons. The summed E-state index contributed by atoms with van der Waals surface area (Å²) >= 11 is 0. The van der Waals surface area contributed by atoms with E-state index in [1.807, 2.05) is 0 Å². The zero-order valence-electron chi connectivity index (χ0n) is 36.6. The minimum Gasteiger partial charge on any atom is -0.354 e. The molecule has 2 aliphatic carbocycles. The summed E-state index contributed by atoms with van der Waals surface area (Å²) in [6, 6.07) is 11.0. The maximum Gasteiger partial charge on any atom is 0.232 e. The Labute approximate surface area is 345 Å². The van der Waals surface area contributed by atoms with Gasteiger partial charge in [-0.1, -0.05) is 109 Å². The SMILES string of the molecule is C=C1CC(N(CCCC)c2nc(NCCc3ccccc3)nc(N(CCCC)C3CC(=C)N(OC4CCCCC4)C(C)(C)C3)n2)CC(C)(C)N1OC1CCCCC1. The van der Waals surface area contributed by atoms with Crippen molar-refractivity contribution >= 4 is 17.8 Å². The molecular formula is C47H76N8O2. The highest BCUT2D eigenvalue weighted by molar-refractivity contribution is 5.48. The highest BCUT2D eigenvalue weighted by atomic mass is 16.7. The molecule has 4 aliphatic rings. The van der Waals surface area contributed by atoms with Crippen LogP contribution in [0.3, 0.4) is 0 Å². The zero-order valence-corrected chi connectivity index (χ0v) is 36.6. The first-order valence-electron chi connectivity index (χ1n) is 22.8. The first kappa shape index (κ1) is 43.2. The lowest BCUT2D eigenvalue weighted by atomic mass is 9.86. The smallest absolute Gasteiger partial charge is 0.232 e. The van der Waals surface area contributed by atoms with Crippen LogP contribution in [-0.4, -0.2) is 80.1 Å². The predicted molar refractivity (Wildman–Crippen MR) is 235 cm³/mol. The highest BCUT2D eigenvalue weighted by Crippen LogP contribution is 2.41. The van der Waals surface area contributed by atoms with Crippen LogP contribution in [-0.2, 0) is 16.1 Å². The number of hydrogen-bond donors (Lipinski definition) is 1. The topological polar surface area (TPSA) is 82.1 Å². The van der Waals surface area contributed by atoms with Gasteiger partial charge in [-0.05, 0) is 91.0 Å². The Bertz CT molecular complexity index is 1480. The van der Waals surface area contributed by atoms with E-state index < -0.39 is 0 Å². The number of hydrogen-bond acceptors (Lipinski definition) is 10. The van der Waals surface area contributed by atoms with E-state index in [2.05, 4.69) is 110 Å². The maximum atomic E-state index is 6.74. The number of unbranched alkanes of at least 4 members (excludes halogenated alkanes) is 2. The van der Waals surface area contributed by atoms with Crippen LogP contribution >= 0.6 is 0 Å². The van der Waals surface area contributed by atoms with E-state index in [9.17, 15) is 0 Å². The Morgan fingerprint density at radius 1 is 0.684 bits per heavy atom. The second-order valence-electron chi connectivity index (χ2n) is 18.7. The third-order valence-corrected chi connectivity index (χ3v) is 12.8. The molecule has 6 rings (SSSR count). The standard InChI is InChI=1S/C47H76N8O2/c1-9-11-30-52(39-32-36(3)54(46(5,6)34-39)56-41-24-18-14-19-25-41)44-49-43(48-29-28-38-22-16-13-17-23-38)50-45(51-44)53(31-12-10-2)40-33-37(4)55(47(7,8)35-40)57-42-26-20-15-21-27-42/h13,16-17,22-23,39-42H,3-4,9-12,14-15,18-21,24-35H2,1-2,5-8H3,(H,48,49,50,51). The molecule has 2 atom stereocenters. The molecule has 316 valence electrons. The number of rotatable bonds is 18. The second-order valence-corrected chi connectivity index (χ2v) is 18.7. The van der Waals surface area contributed by atoms with Gasteiger partial charge in [0.1, 0.15) is 0 Å². The highest BCUT2D eigenvalue weighted by Gasteiger charge is 2.44. The molecule has 10 nitrogen and oxygen atoms in total. The van der Waals surface area contributed by atoms with Gasteiger partial charge in [-0.15, -0.1) is 0 Å². The summed E-state index contributed by atoms with van der Waals surface area (Å²) in [6.45, 7) is 25.5. The Kier molecular flexibility index (Phi) is 15.2. The van der Waals surface area contributed by atoms with Crippen molar-refractivity contribution in [3.8, 4) is 0 Å². The molecule has 0 bridgehead atoms. The van der Waals surface area contributed by atoms with Crippen LogP contribution in [0.4, 0.5) is 17.8 Å². The number of benzene rings is 1. The van der Waals surface area contributed by atoms with Gasteiger partial charge in [0.2, 0.25) is 17.8 Å². The third kappa shape index (κ3) is 11.4. The number of aromatic nitrogens is 3. The number of nitrogens with zero attached hydrogens (tertiary/aromatic N) is 7. The summed E-state index contributed by atoms with van der Waals surface area (Å²) in [5.41, 5.74) is 2.94. The quantitative estimate of drug-likeness (QED) is 0.158. The molecule has 2 aromatic rings. The molecule has 2 unspecified atom stereocenters. The molecule has 10 heteroatoms. The summed E-state index contributed by atoms with van der Waals surface area (Å²) in [5, 5.41) is 7.98. The molecule has 4 fully saturated rings. The van der Waals surface area contributed by atoms with Crippen molar-refractivity contribution in [2.45, 2.75) is 199 Å². The first-order chi connectivity index (χ1) is 27.5. The van der Waals surface area contributed by atoms with Crippen molar-refractivity contribution in [2.75, 3.05) is 34.8 Å². The van der Waals surface area contributed by atoms with Crippen LogP contribution in [0.5, 0.6) is 0 Å². The van der Waals surface area contributed by atoms with Crippen LogP contribution in [0, 0.1) is 0 Å². The van der Waals surface area contributed by atoms with Gasteiger partial charge in [-0.25, -0.2) is 0 Å². The van der Waals surface area contributed by atoms with Crippen molar-refractivity contribution in [3.63, 3.8) is 0 Å². The number of piperidine rings is 2. The van der Waals surface area contributed by atoms with Crippen LogP contribution in [0.2, 0.25) is 0 Å². The minimum atomic E-state index is -0.221. The largest absolute Gasteiger partial charge is 0.354 e. The molecular weight excluding hydrogens is 709 g/mol. The van der Waals surface area contributed by atoms with E-state index in [1.54, 1.807) is 0 Å². The van der Waals surface area contributed by atoms with Gasteiger partial charge in [0, 0.05) is 56.0 Å². The van der Waals surface area contributed by atoms with Crippen LogP contribution in [0.25, 0.3) is 0 Å². The maximum absolute atomic E-state index is 6.74. The molecule has 2 saturated heterocycles. The summed E-state index contributed by atoms with van der Waals surface area (Å²) in [7, 11) is 0. The van der Waals surface area contributed by atoms with Crippen molar-refractivity contribution < 1.29 is 9.68 Å². The minimum absolute atomic E-state index is 0.181. The lowest BCUT2D eigenvalue weighted by molar-refractivity contribution is -0.239. The average Bonchev–Trinajstić information content (AvgIpc) is 3.19. The summed E-state index contributed by atoms with van der Waals surface area (Å²) < 4.78 is 0. The molecule has 0 spiro atoms. The summed E-state index contributed by atoms with van der Waals surface area (Å²) in [6.07, 6.45) is 21.3. The number of hydroxylamine groups is 4. The van der Waals surface area contributed by atoms with Gasteiger partial charge >= 0.3 is 0 Å². The van der Waals surface area contributed by atoms with Gasteiger partial charge in [-0.2, -0.15) is 15.0 Å². The summed E-state index contributed by atoms with van der Waals surface area (Å²) in [5.74, 6) is 2.15. The molecule has 0 amide bonds.